The zero-order valence-corrected chi connectivity index (χ0v) is 10.3. The van der Waals surface area contributed by atoms with Crippen LogP contribution in [0.15, 0.2) is 11.8 Å². The second-order valence-electron chi connectivity index (χ2n) is 3.73. The van der Waals surface area contributed by atoms with E-state index in [9.17, 15) is 4.79 Å². The molecule has 16 heavy (non-hydrogen) atoms. The zero-order chi connectivity index (χ0) is 12.6. The first-order chi connectivity index (χ1) is 7.51. The highest BCUT2D eigenvalue weighted by atomic mass is 16.3. The molecule has 2 N–H and O–H groups in total. The molecule has 0 bridgehead atoms. The van der Waals surface area contributed by atoms with Crippen LogP contribution in [0.5, 0.6) is 0 Å². The molecule has 0 aromatic heterocycles. The number of hydrogen-bond donors (Lipinski definition) is 2. The fourth-order valence-corrected chi connectivity index (χ4v) is 1.27. The second-order valence-corrected chi connectivity index (χ2v) is 3.73. The van der Waals surface area contributed by atoms with E-state index in [0.717, 1.165) is 0 Å². The molecule has 0 fully saturated rings. The summed E-state index contributed by atoms with van der Waals surface area (Å²) in [7, 11) is 1.89. The van der Waals surface area contributed by atoms with Gasteiger partial charge in [0, 0.05) is 32.3 Å². The molecule has 5 nitrogen and oxygen atoms in total. The van der Waals surface area contributed by atoms with Crippen molar-refractivity contribution in [1.29, 1.82) is 0 Å². The lowest BCUT2D eigenvalue weighted by molar-refractivity contribution is -0.126. The maximum absolute atomic E-state index is 11.6. The number of allylic oxidation sites excluding steroid dienone is 1. The summed E-state index contributed by atoms with van der Waals surface area (Å²) in [6.07, 6.45) is 1.22. The minimum Gasteiger partial charge on any atom is -0.512 e. The van der Waals surface area contributed by atoms with Crippen LogP contribution in [0.1, 0.15) is 13.8 Å². The van der Waals surface area contributed by atoms with Gasteiger partial charge in [-0.05, 0) is 20.9 Å². The van der Waals surface area contributed by atoms with Crippen LogP contribution in [0.2, 0.25) is 0 Å². The summed E-state index contributed by atoms with van der Waals surface area (Å²) in [5.41, 5.74) is 0. The van der Waals surface area contributed by atoms with E-state index in [1.54, 1.807) is 4.90 Å². The number of aliphatic hydroxyl groups is 2. The highest BCUT2D eigenvalue weighted by Crippen LogP contribution is 1.95. The van der Waals surface area contributed by atoms with E-state index in [1.165, 1.54) is 13.0 Å². The normalized spacial score (nSPS) is 11.9. The Kier molecular flexibility index (Phi) is 7.58. The second kappa shape index (κ2) is 8.13. The van der Waals surface area contributed by atoms with Gasteiger partial charge in [0.05, 0.1) is 12.4 Å². The van der Waals surface area contributed by atoms with Crippen LogP contribution < -0.4 is 0 Å². The molecular weight excluding hydrogens is 208 g/mol. The van der Waals surface area contributed by atoms with Crippen molar-refractivity contribution in [2.75, 3.05) is 39.8 Å². The van der Waals surface area contributed by atoms with Gasteiger partial charge in [-0.3, -0.25) is 4.79 Å². The lowest BCUT2D eigenvalue weighted by Gasteiger charge is -2.23. The summed E-state index contributed by atoms with van der Waals surface area (Å²) in [4.78, 5) is 15.2. The molecule has 0 aliphatic heterocycles. The number of carbonyl (C=O) groups excluding carboxylic acids is 1. The molecule has 0 heterocycles. The topological polar surface area (TPSA) is 64.0 Å². The van der Waals surface area contributed by atoms with Gasteiger partial charge in [-0.15, -0.1) is 0 Å². The molecule has 0 saturated heterocycles. The predicted octanol–water partition coefficient (Wildman–Crippen LogP) is 0.221. The van der Waals surface area contributed by atoms with Crippen molar-refractivity contribution in [3.8, 4) is 0 Å². The van der Waals surface area contributed by atoms with Gasteiger partial charge in [-0.25, -0.2) is 0 Å². The Morgan fingerprint density at radius 2 is 1.94 bits per heavy atom. The van der Waals surface area contributed by atoms with Gasteiger partial charge in [-0.1, -0.05) is 0 Å². The Labute approximate surface area is 97.0 Å². The maximum Gasteiger partial charge on any atom is 0.249 e. The minimum atomic E-state index is -0.181. The van der Waals surface area contributed by atoms with Gasteiger partial charge in [0.2, 0.25) is 5.91 Å². The predicted molar refractivity (Wildman–Crippen MR) is 63.2 cm³/mol. The van der Waals surface area contributed by atoms with Gasteiger partial charge < -0.3 is 20.0 Å². The third kappa shape index (κ3) is 6.42. The Morgan fingerprint density at radius 1 is 1.31 bits per heavy atom. The van der Waals surface area contributed by atoms with Gasteiger partial charge >= 0.3 is 0 Å². The lowest BCUT2D eigenvalue weighted by atomic mass is 10.3. The standard InChI is InChI=1S/C11H22N2O3/c1-4-13(11(16)9-10(2)15)6-5-12(3)7-8-14/h9,14-15H,4-8H2,1-3H3. The summed E-state index contributed by atoms with van der Waals surface area (Å²) < 4.78 is 0. The molecule has 0 spiro atoms. The average molecular weight is 230 g/mol. The van der Waals surface area contributed by atoms with E-state index in [-0.39, 0.29) is 18.3 Å². The molecule has 1 amide bonds. The molecule has 0 aromatic carbocycles. The zero-order valence-electron chi connectivity index (χ0n) is 10.3. The Bertz CT molecular complexity index is 237. The Morgan fingerprint density at radius 3 is 2.38 bits per heavy atom. The first kappa shape index (κ1) is 14.9. The van der Waals surface area contributed by atoms with Crippen LogP contribution in [0, 0.1) is 0 Å². The van der Waals surface area contributed by atoms with E-state index in [1.807, 2.05) is 18.9 Å². The van der Waals surface area contributed by atoms with Crippen molar-refractivity contribution in [3.05, 3.63) is 11.8 Å². The third-order valence-electron chi connectivity index (χ3n) is 2.26. The molecular formula is C11H22N2O3. The summed E-state index contributed by atoms with van der Waals surface area (Å²) in [6.45, 7) is 5.99. The lowest BCUT2D eigenvalue weighted by Crippen LogP contribution is -2.37. The van der Waals surface area contributed by atoms with Crippen molar-refractivity contribution in [2.24, 2.45) is 0 Å². The molecule has 0 atom stereocenters. The molecule has 0 aliphatic carbocycles. The van der Waals surface area contributed by atoms with Crippen LogP contribution in [0.25, 0.3) is 0 Å². The van der Waals surface area contributed by atoms with E-state index >= 15 is 0 Å². The number of nitrogens with zero attached hydrogens (tertiary/aromatic N) is 2. The number of rotatable bonds is 7. The summed E-state index contributed by atoms with van der Waals surface area (Å²) >= 11 is 0. The van der Waals surface area contributed by atoms with Crippen LogP contribution in [-0.4, -0.2) is 65.8 Å². The smallest absolute Gasteiger partial charge is 0.249 e. The molecule has 0 aromatic rings. The Hall–Kier alpha value is -1.07. The SMILES string of the molecule is CCN(CCN(C)CCO)C(=O)C=C(C)O. The van der Waals surface area contributed by atoms with Gasteiger partial charge in [0.25, 0.3) is 0 Å². The van der Waals surface area contributed by atoms with E-state index < -0.39 is 0 Å². The van der Waals surface area contributed by atoms with Crippen molar-refractivity contribution >= 4 is 5.91 Å². The first-order valence-corrected chi connectivity index (χ1v) is 5.46. The highest BCUT2D eigenvalue weighted by molar-refractivity contribution is 5.87. The number of likely N-dealkylation sites (N-methyl/N-ethyl adjacent to an activating group) is 2. The van der Waals surface area contributed by atoms with Crippen molar-refractivity contribution in [2.45, 2.75) is 13.8 Å². The highest BCUT2D eigenvalue weighted by Gasteiger charge is 2.09. The van der Waals surface area contributed by atoms with E-state index in [4.69, 9.17) is 10.2 Å². The summed E-state index contributed by atoms with van der Waals surface area (Å²) in [6, 6.07) is 0. The van der Waals surface area contributed by atoms with Gasteiger partial charge in [-0.2, -0.15) is 0 Å². The van der Waals surface area contributed by atoms with Crippen LogP contribution in [0.3, 0.4) is 0 Å². The van der Waals surface area contributed by atoms with Crippen LogP contribution >= 0.6 is 0 Å². The maximum atomic E-state index is 11.6. The third-order valence-corrected chi connectivity index (χ3v) is 2.26. The summed E-state index contributed by atoms with van der Waals surface area (Å²) in [5.74, 6) is -0.160. The number of carbonyl (C=O) groups is 1. The molecule has 5 heteroatoms. The molecule has 0 saturated carbocycles. The molecule has 0 rings (SSSR count). The number of aliphatic hydroxyl groups excluding tert-OH is 2. The molecule has 94 valence electrons. The Balaban J connectivity index is 4.10. The molecule has 0 unspecified atom stereocenters. The minimum absolute atomic E-state index is 0.0205. The van der Waals surface area contributed by atoms with Crippen molar-refractivity contribution in [3.63, 3.8) is 0 Å². The van der Waals surface area contributed by atoms with Gasteiger partial charge in [0.15, 0.2) is 0 Å². The molecule has 0 radical (unpaired) electrons. The number of amides is 1. The quantitative estimate of drug-likeness (QED) is 0.485. The number of hydrogen-bond acceptors (Lipinski definition) is 4. The average Bonchev–Trinajstić information content (AvgIpc) is 2.17. The monoisotopic (exact) mass is 230 g/mol. The fraction of sp³-hybridized carbons (Fsp3) is 0.727. The van der Waals surface area contributed by atoms with Gasteiger partial charge in [0.1, 0.15) is 0 Å². The van der Waals surface area contributed by atoms with E-state index in [2.05, 4.69) is 0 Å². The first-order valence-electron chi connectivity index (χ1n) is 5.46. The molecule has 0 aliphatic rings. The van der Waals surface area contributed by atoms with Crippen molar-refractivity contribution < 1.29 is 15.0 Å². The summed E-state index contributed by atoms with van der Waals surface area (Å²) in [5, 5.41) is 17.7. The van der Waals surface area contributed by atoms with Crippen LogP contribution in [0.4, 0.5) is 0 Å². The van der Waals surface area contributed by atoms with E-state index in [0.29, 0.717) is 26.2 Å². The van der Waals surface area contributed by atoms with Crippen molar-refractivity contribution in [1.82, 2.24) is 9.80 Å². The van der Waals surface area contributed by atoms with Crippen LogP contribution in [-0.2, 0) is 4.79 Å². The fourth-order valence-electron chi connectivity index (χ4n) is 1.27. The largest absolute Gasteiger partial charge is 0.512 e.